The summed E-state index contributed by atoms with van der Waals surface area (Å²) >= 11 is 0. The Morgan fingerprint density at radius 3 is 1.84 bits per heavy atom. The molecule has 2 rings (SSSR count). The van der Waals surface area contributed by atoms with Crippen molar-refractivity contribution in [1.82, 2.24) is 0 Å². The van der Waals surface area contributed by atoms with Crippen molar-refractivity contribution >= 4 is 0 Å². The fourth-order valence-electron chi connectivity index (χ4n) is 2.98. The Bertz CT molecular complexity index is 467. The van der Waals surface area contributed by atoms with Crippen LogP contribution in [0.2, 0.25) is 0 Å². The molecule has 0 aromatic heterocycles. The summed E-state index contributed by atoms with van der Waals surface area (Å²) in [6, 6.07) is 0. The first-order chi connectivity index (χ1) is 7.43. The Hall–Kier alpha value is 0.423. The van der Waals surface area contributed by atoms with Crippen LogP contribution in [0.25, 0.3) is 0 Å². The van der Waals surface area contributed by atoms with E-state index in [0.717, 1.165) is 0 Å². The summed E-state index contributed by atoms with van der Waals surface area (Å²) < 4.78 is 0. The second-order valence-electron chi connectivity index (χ2n) is 5.23. The molecule has 0 spiro atoms. The van der Waals surface area contributed by atoms with Crippen LogP contribution < -0.4 is 24.8 Å². The van der Waals surface area contributed by atoms with Gasteiger partial charge in [0.25, 0.3) is 0 Å². The molecule has 0 saturated heterocycles. The van der Waals surface area contributed by atoms with Gasteiger partial charge in [0.05, 0.1) is 0 Å². The standard InChI is InChI=1S/C16H21.2ClH.Zr/c1-9-7-11(3)15(13(9)5)16-12(4)8-10(2)14(16)6;;;/h7,10-11H,1-6H3;2*1H;/q-1;;;+3/p-2. The molecule has 0 amide bonds. The number of rotatable bonds is 1. The molecular formula is C16H21Cl2Zr. The van der Waals surface area contributed by atoms with E-state index in [1.807, 2.05) is 0 Å². The first kappa shape index (κ1) is 21.7. The third kappa shape index (κ3) is 3.75. The monoisotopic (exact) mass is 373 g/mol. The van der Waals surface area contributed by atoms with E-state index in [1.165, 1.54) is 33.4 Å². The van der Waals surface area contributed by atoms with Crippen LogP contribution in [0.4, 0.5) is 0 Å². The summed E-state index contributed by atoms with van der Waals surface area (Å²) in [6.07, 6.45) is 5.91. The van der Waals surface area contributed by atoms with E-state index < -0.39 is 0 Å². The van der Waals surface area contributed by atoms with Crippen molar-refractivity contribution < 1.29 is 51.0 Å². The first-order valence-corrected chi connectivity index (χ1v) is 6.14. The molecule has 0 aliphatic heterocycles. The maximum Gasteiger partial charge on any atom is 3.00 e. The number of allylic oxidation sites excluding steroid dienone is 8. The number of halogens is 2. The van der Waals surface area contributed by atoms with Gasteiger partial charge in [-0.15, -0.1) is 5.57 Å². The second-order valence-corrected chi connectivity index (χ2v) is 5.23. The van der Waals surface area contributed by atoms with Gasteiger partial charge in [-0.1, -0.05) is 50.8 Å². The maximum absolute atomic E-state index is 3.53. The molecule has 0 saturated carbocycles. The van der Waals surface area contributed by atoms with E-state index in [9.17, 15) is 0 Å². The smallest absolute Gasteiger partial charge is 1.00 e. The summed E-state index contributed by atoms with van der Waals surface area (Å²) in [7, 11) is 0. The minimum absolute atomic E-state index is 0. The average Bonchev–Trinajstić information content (AvgIpc) is 2.57. The third-order valence-corrected chi connectivity index (χ3v) is 4.07. The average molecular weight is 375 g/mol. The van der Waals surface area contributed by atoms with Crippen molar-refractivity contribution in [3.05, 3.63) is 45.6 Å². The first-order valence-electron chi connectivity index (χ1n) is 6.14. The van der Waals surface area contributed by atoms with E-state index in [0.29, 0.717) is 11.8 Å². The summed E-state index contributed by atoms with van der Waals surface area (Å²) in [5.41, 5.74) is 8.75. The zero-order valence-electron chi connectivity index (χ0n) is 12.5. The van der Waals surface area contributed by atoms with Gasteiger partial charge in [0, 0.05) is 0 Å². The van der Waals surface area contributed by atoms with Gasteiger partial charge in [-0.25, -0.2) is 5.57 Å². The summed E-state index contributed by atoms with van der Waals surface area (Å²) in [6.45, 7) is 13.5. The molecule has 0 N–H and O–H groups in total. The summed E-state index contributed by atoms with van der Waals surface area (Å²) in [5, 5.41) is 0. The molecule has 19 heavy (non-hydrogen) atoms. The zero-order chi connectivity index (χ0) is 12.0. The molecule has 103 valence electrons. The quantitative estimate of drug-likeness (QED) is 0.496. The van der Waals surface area contributed by atoms with Crippen molar-refractivity contribution in [2.24, 2.45) is 11.8 Å². The van der Waals surface area contributed by atoms with Crippen LogP contribution in [0.3, 0.4) is 0 Å². The van der Waals surface area contributed by atoms with Crippen molar-refractivity contribution in [1.29, 1.82) is 0 Å². The predicted octanol–water partition coefficient (Wildman–Crippen LogP) is -1.38. The fourth-order valence-corrected chi connectivity index (χ4v) is 2.98. The predicted molar refractivity (Wildman–Crippen MR) is 69.9 cm³/mol. The Balaban J connectivity index is 0. The van der Waals surface area contributed by atoms with Gasteiger partial charge >= 0.3 is 26.2 Å². The molecule has 3 heteroatoms. The largest absolute Gasteiger partial charge is 3.00 e. The topological polar surface area (TPSA) is 0 Å². The van der Waals surface area contributed by atoms with Crippen LogP contribution in [0.5, 0.6) is 0 Å². The van der Waals surface area contributed by atoms with Crippen LogP contribution in [0, 0.1) is 17.9 Å². The van der Waals surface area contributed by atoms with Crippen molar-refractivity contribution in [3.63, 3.8) is 0 Å². The van der Waals surface area contributed by atoms with Gasteiger partial charge in [-0.05, 0) is 19.8 Å². The van der Waals surface area contributed by atoms with E-state index in [4.69, 9.17) is 0 Å². The van der Waals surface area contributed by atoms with Crippen molar-refractivity contribution in [3.8, 4) is 0 Å². The molecule has 2 aliphatic carbocycles. The van der Waals surface area contributed by atoms with E-state index in [2.05, 4.69) is 53.7 Å². The molecule has 0 heterocycles. The molecule has 0 bridgehead atoms. The molecule has 0 fully saturated rings. The number of hydrogen-bond donors (Lipinski definition) is 0. The van der Waals surface area contributed by atoms with Gasteiger partial charge in [0.1, 0.15) is 0 Å². The fraction of sp³-hybridized carbons (Fsp3) is 0.500. The van der Waals surface area contributed by atoms with Crippen molar-refractivity contribution in [2.45, 2.75) is 41.5 Å². The van der Waals surface area contributed by atoms with Crippen molar-refractivity contribution in [2.75, 3.05) is 0 Å². The van der Waals surface area contributed by atoms with Crippen LogP contribution in [0.1, 0.15) is 41.5 Å². The normalized spacial score (nSPS) is 25.4. The van der Waals surface area contributed by atoms with E-state index >= 15 is 0 Å². The van der Waals surface area contributed by atoms with Crippen LogP contribution in [-0.4, -0.2) is 0 Å². The molecule has 2 unspecified atom stereocenters. The Morgan fingerprint density at radius 1 is 1.00 bits per heavy atom. The molecule has 1 radical (unpaired) electrons. The molecule has 0 aromatic rings. The second kappa shape index (κ2) is 8.01. The molecular weight excluding hydrogens is 354 g/mol. The minimum atomic E-state index is 0. The Labute approximate surface area is 149 Å². The van der Waals surface area contributed by atoms with Gasteiger partial charge < -0.3 is 24.8 Å². The molecule has 0 nitrogen and oxygen atoms in total. The molecule has 2 atom stereocenters. The Morgan fingerprint density at radius 2 is 1.53 bits per heavy atom. The van der Waals surface area contributed by atoms with Crippen LogP contribution >= 0.6 is 0 Å². The maximum atomic E-state index is 3.53. The zero-order valence-corrected chi connectivity index (χ0v) is 16.5. The van der Waals surface area contributed by atoms with E-state index in [1.54, 1.807) is 0 Å². The van der Waals surface area contributed by atoms with Crippen LogP contribution in [0.15, 0.2) is 39.5 Å². The molecule has 2 aliphatic rings. The van der Waals surface area contributed by atoms with Gasteiger partial charge in [-0.2, -0.15) is 11.1 Å². The van der Waals surface area contributed by atoms with Gasteiger partial charge in [-0.3, -0.25) is 6.08 Å². The summed E-state index contributed by atoms with van der Waals surface area (Å²) in [4.78, 5) is 0. The van der Waals surface area contributed by atoms with E-state index in [-0.39, 0.29) is 51.0 Å². The molecule has 0 aromatic carbocycles. The SMILES string of the molecule is CC1=[C-]C(C)C(C)=C1C1=C(C)C(C)=CC1C.[Cl-].[Cl-].[Zr+3]. The van der Waals surface area contributed by atoms with Gasteiger partial charge in [0.15, 0.2) is 0 Å². The van der Waals surface area contributed by atoms with Crippen LogP contribution in [-0.2, 0) is 26.2 Å². The third-order valence-electron chi connectivity index (χ3n) is 4.07. The van der Waals surface area contributed by atoms with Gasteiger partial charge in [0.2, 0.25) is 0 Å². The minimum Gasteiger partial charge on any atom is -1.00 e. The Kier molecular flexibility index (Phi) is 9.16. The summed E-state index contributed by atoms with van der Waals surface area (Å²) in [5.74, 6) is 1.05. The number of hydrogen-bond acceptors (Lipinski definition) is 0.